The molecule has 1 aliphatic heterocycles. The molecule has 0 spiro atoms. The van der Waals surface area contributed by atoms with E-state index in [1.165, 1.54) is 23.1 Å². The van der Waals surface area contributed by atoms with Gasteiger partial charge < -0.3 is 15.0 Å². The number of hydrogen-bond donors (Lipinski definition) is 2. The SMILES string of the molecule is O=C(/C=C/c1ccc(F)cc1)NCCC[NH+]1CCOCC1. The van der Waals surface area contributed by atoms with Crippen molar-refractivity contribution in [3.8, 4) is 0 Å². The lowest BCUT2D eigenvalue weighted by Gasteiger charge is -2.23. The van der Waals surface area contributed by atoms with Crippen molar-refractivity contribution >= 4 is 12.0 Å². The van der Waals surface area contributed by atoms with Crippen LogP contribution in [0, 0.1) is 5.82 Å². The minimum atomic E-state index is -0.276. The molecule has 0 saturated carbocycles. The fraction of sp³-hybridized carbons (Fsp3) is 0.438. The third kappa shape index (κ3) is 6.06. The van der Waals surface area contributed by atoms with Gasteiger partial charge in [-0.25, -0.2) is 4.39 Å². The Balaban J connectivity index is 1.61. The summed E-state index contributed by atoms with van der Waals surface area (Å²) in [5, 5.41) is 2.86. The van der Waals surface area contributed by atoms with E-state index in [9.17, 15) is 9.18 Å². The molecule has 0 bridgehead atoms. The minimum absolute atomic E-state index is 0.115. The monoisotopic (exact) mass is 293 g/mol. The predicted molar refractivity (Wildman–Crippen MR) is 79.4 cm³/mol. The van der Waals surface area contributed by atoms with Crippen LogP contribution in [-0.2, 0) is 9.53 Å². The lowest BCUT2D eigenvalue weighted by molar-refractivity contribution is -0.908. The van der Waals surface area contributed by atoms with Crippen LogP contribution < -0.4 is 10.2 Å². The highest BCUT2D eigenvalue weighted by molar-refractivity contribution is 5.91. The average Bonchev–Trinajstić information content (AvgIpc) is 2.52. The van der Waals surface area contributed by atoms with Crippen LogP contribution in [0.15, 0.2) is 30.3 Å². The van der Waals surface area contributed by atoms with Crippen molar-refractivity contribution in [1.29, 1.82) is 0 Å². The molecule has 0 atom stereocenters. The summed E-state index contributed by atoms with van der Waals surface area (Å²) in [6.45, 7) is 5.52. The van der Waals surface area contributed by atoms with Gasteiger partial charge in [-0.1, -0.05) is 12.1 Å². The first-order valence-corrected chi connectivity index (χ1v) is 7.37. The van der Waals surface area contributed by atoms with E-state index >= 15 is 0 Å². The van der Waals surface area contributed by atoms with Gasteiger partial charge in [-0.05, 0) is 23.8 Å². The number of carbonyl (C=O) groups excluding carboxylic acids is 1. The topological polar surface area (TPSA) is 42.8 Å². The fourth-order valence-corrected chi connectivity index (χ4v) is 2.26. The molecule has 1 aliphatic rings. The zero-order valence-electron chi connectivity index (χ0n) is 12.1. The van der Waals surface area contributed by atoms with Gasteiger partial charge in [0.25, 0.3) is 0 Å². The number of ether oxygens (including phenoxy) is 1. The largest absolute Gasteiger partial charge is 0.370 e. The molecule has 1 aromatic rings. The summed E-state index contributed by atoms with van der Waals surface area (Å²) < 4.78 is 18.0. The molecule has 114 valence electrons. The van der Waals surface area contributed by atoms with Crippen molar-refractivity contribution in [3.63, 3.8) is 0 Å². The van der Waals surface area contributed by atoms with Gasteiger partial charge in [0.1, 0.15) is 18.9 Å². The number of morpholine rings is 1. The molecule has 1 saturated heterocycles. The molecule has 21 heavy (non-hydrogen) atoms. The van der Waals surface area contributed by atoms with Crippen LogP contribution in [0.5, 0.6) is 0 Å². The number of rotatable bonds is 6. The summed E-state index contributed by atoms with van der Waals surface area (Å²) in [5.74, 6) is -0.390. The van der Waals surface area contributed by atoms with E-state index in [0.717, 1.165) is 44.8 Å². The molecule has 0 unspecified atom stereocenters. The second kappa shape index (κ2) is 8.54. The van der Waals surface area contributed by atoms with Crippen molar-refractivity contribution in [3.05, 3.63) is 41.7 Å². The van der Waals surface area contributed by atoms with Crippen LogP contribution in [0.25, 0.3) is 6.08 Å². The van der Waals surface area contributed by atoms with Gasteiger partial charge in [0.15, 0.2) is 0 Å². The zero-order valence-corrected chi connectivity index (χ0v) is 12.1. The lowest BCUT2D eigenvalue weighted by atomic mass is 10.2. The number of nitrogens with one attached hydrogen (secondary N) is 2. The molecule has 5 heteroatoms. The van der Waals surface area contributed by atoms with Crippen molar-refractivity contribution in [1.82, 2.24) is 5.32 Å². The maximum Gasteiger partial charge on any atom is 0.244 e. The Kier molecular flexibility index (Phi) is 6.37. The number of amides is 1. The van der Waals surface area contributed by atoms with E-state index in [4.69, 9.17) is 4.74 Å². The highest BCUT2D eigenvalue weighted by atomic mass is 19.1. The molecule has 0 radical (unpaired) electrons. The van der Waals surface area contributed by atoms with Gasteiger partial charge >= 0.3 is 0 Å². The van der Waals surface area contributed by atoms with Crippen LogP contribution in [0.1, 0.15) is 12.0 Å². The zero-order chi connectivity index (χ0) is 14.9. The van der Waals surface area contributed by atoms with E-state index < -0.39 is 0 Å². The number of quaternary nitrogens is 1. The van der Waals surface area contributed by atoms with Gasteiger partial charge in [-0.2, -0.15) is 0 Å². The second-order valence-electron chi connectivity index (χ2n) is 5.14. The van der Waals surface area contributed by atoms with E-state index in [1.54, 1.807) is 18.2 Å². The molecular formula is C16H22FN2O2+. The predicted octanol–water partition coefficient (Wildman–Crippen LogP) is 0.260. The van der Waals surface area contributed by atoms with Crippen LogP contribution in [0.3, 0.4) is 0 Å². The third-order valence-corrected chi connectivity index (χ3v) is 3.50. The number of benzene rings is 1. The van der Waals surface area contributed by atoms with E-state index in [1.807, 2.05) is 0 Å². The average molecular weight is 293 g/mol. The van der Waals surface area contributed by atoms with Gasteiger partial charge in [0.05, 0.1) is 19.8 Å². The van der Waals surface area contributed by atoms with Crippen molar-refractivity contribution in [2.75, 3.05) is 39.4 Å². The number of hydrogen-bond acceptors (Lipinski definition) is 2. The van der Waals surface area contributed by atoms with Crippen LogP contribution in [-0.4, -0.2) is 45.3 Å². The summed E-state index contributed by atoms with van der Waals surface area (Å²) in [6, 6.07) is 6.03. The standard InChI is InChI=1S/C16H21FN2O2/c17-15-5-2-14(3-6-15)4-7-16(20)18-8-1-9-19-10-12-21-13-11-19/h2-7H,1,8-13H2,(H,18,20)/p+1/b7-4+. The Morgan fingerprint density at radius 3 is 2.71 bits per heavy atom. The molecule has 4 nitrogen and oxygen atoms in total. The highest BCUT2D eigenvalue weighted by Gasteiger charge is 2.12. The van der Waals surface area contributed by atoms with E-state index in [0.29, 0.717) is 6.54 Å². The molecule has 1 fully saturated rings. The van der Waals surface area contributed by atoms with Crippen molar-refractivity contribution < 1.29 is 18.8 Å². The maximum absolute atomic E-state index is 12.7. The van der Waals surface area contributed by atoms with Gasteiger partial charge in [-0.3, -0.25) is 4.79 Å². The summed E-state index contributed by atoms with van der Waals surface area (Å²) in [7, 11) is 0. The number of halogens is 1. The van der Waals surface area contributed by atoms with Crippen LogP contribution in [0.4, 0.5) is 4.39 Å². The van der Waals surface area contributed by atoms with E-state index in [-0.39, 0.29) is 11.7 Å². The molecule has 1 aromatic carbocycles. The highest BCUT2D eigenvalue weighted by Crippen LogP contribution is 2.04. The smallest absolute Gasteiger partial charge is 0.244 e. The quantitative estimate of drug-likeness (QED) is 0.584. The molecular weight excluding hydrogens is 271 g/mol. The molecule has 2 N–H and O–H groups in total. The Morgan fingerprint density at radius 1 is 1.29 bits per heavy atom. The van der Waals surface area contributed by atoms with Crippen molar-refractivity contribution in [2.45, 2.75) is 6.42 Å². The third-order valence-electron chi connectivity index (χ3n) is 3.50. The first-order valence-electron chi connectivity index (χ1n) is 7.37. The first-order chi connectivity index (χ1) is 10.2. The first kappa shape index (κ1) is 15.7. The summed E-state index contributed by atoms with van der Waals surface area (Å²) in [5.41, 5.74) is 0.810. The fourth-order valence-electron chi connectivity index (χ4n) is 2.26. The van der Waals surface area contributed by atoms with Gasteiger partial charge in [-0.15, -0.1) is 0 Å². The maximum atomic E-state index is 12.7. The Bertz CT molecular complexity index is 468. The Hall–Kier alpha value is -1.72. The van der Waals surface area contributed by atoms with Gasteiger partial charge in [0.2, 0.25) is 5.91 Å². The molecule has 1 amide bonds. The molecule has 0 aliphatic carbocycles. The molecule has 0 aromatic heterocycles. The normalized spacial score (nSPS) is 16.2. The Labute approximate surface area is 124 Å². The van der Waals surface area contributed by atoms with Crippen LogP contribution in [0.2, 0.25) is 0 Å². The van der Waals surface area contributed by atoms with Crippen LogP contribution >= 0.6 is 0 Å². The second-order valence-corrected chi connectivity index (χ2v) is 5.14. The summed E-state index contributed by atoms with van der Waals surface area (Å²) in [4.78, 5) is 13.2. The van der Waals surface area contributed by atoms with Crippen molar-refractivity contribution in [2.24, 2.45) is 0 Å². The minimum Gasteiger partial charge on any atom is -0.370 e. The number of carbonyl (C=O) groups is 1. The molecule has 1 heterocycles. The summed E-state index contributed by atoms with van der Waals surface area (Å²) >= 11 is 0. The summed E-state index contributed by atoms with van der Waals surface area (Å²) in [6.07, 6.45) is 4.13. The lowest BCUT2D eigenvalue weighted by Crippen LogP contribution is -3.14. The van der Waals surface area contributed by atoms with Gasteiger partial charge in [0, 0.05) is 19.0 Å². The van der Waals surface area contributed by atoms with E-state index in [2.05, 4.69) is 5.32 Å². The molecule has 2 rings (SSSR count). The Morgan fingerprint density at radius 2 is 2.00 bits per heavy atom.